The predicted molar refractivity (Wildman–Crippen MR) is 55.0 cm³/mol. The molecule has 0 bridgehead atoms. The first-order valence-electron chi connectivity index (χ1n) is 4.90. The number of carbonyl (C=O) groups excluding carboxylic acids is 2. The van der Waals surface area contributed by atoms with Gasteiger partial charge in [0.2, 0.25) is 11.8 Å². The monoisotopic (exact) mass is 214 g/mol. The van der Waals surface area contributed by atoms with Crippen molar-refractivity contribution in [3.05, 3.63) is 0 Å². The van der Waals surface area contributed by atoms with Crippen molar-refractivity contribution < 1.29 is 9.59 Å². The quantitative estimate of drug-likeness (QED) is 0.652. The molecule has 2 heterocycles. The lowest BCUT2D eigenvalue weighted by Gasteiger charge is -2.28. The molecule has 5 heteroatoms. The topological polar surface area (TPSA) is 49.4 Å². The van der Waals surface area contributed by atoms with Crippen molar-refractivity contribution in [3.63, 3.8) is 0 Å². The van der Waals surface area contributed by atoms with Gasteiger partial charge in [-0.25, -0.2) is 0 Å². The van der Waals surface area contributed by atoms with Gasteiger partial charge in [0.1, 0.15) is 0 Å². The Hall–Kier alpha value is -0.710. The maximum atomic E-state index is 11.9. The third-order valence-corrected chi connectivity index (χ3v) is 3.59. The van der Waals surface area contributed by atoms with Crippen LogP contribution in [0.25, 0.3) is 0 Å². The fourth-order valence-electron chi connectivity index (χ4n) is 1.82. The molecule has 14 heavy (non-hydrogen) atoms. The molecule has 1 N–H and O–H groups in total. The van der Waals surface area contributed by atoms with Crippen LogP contribution in [0.2, 0.25) is 0 Å². The summed E-state index contributed by atoms with van der Waals surface area (Å²) in [6, 6.07) is 0. The summed E-state index contributed by atoms with van der Waals surface area (Å²) in [4.78, 5) is 24.7. The minimum Gasteiger partial charge on any atom is -0.355 e. The number of rotatable bonds is 1. The summed E-state index contributed by atoms with van der Waals surface area (Å²) in [5.74, 6) is 2.11. The number of hydrogen-bond acceptors (Lipinski definition) is 3. The van der Waals surface area contributed by atoms with Gasteiger partial charge >= 0.3 is 0 Å². The fraction of sp³-hybridized carbons (Fsp3) is 0.778. The molecule has 0 spiro atoms. The van der Waals surface area contributed by atoms with E-state index in [1.54, 1.807) is 0 Å². The summed E-state index contributed by atoms with van der Waals surface area (Å²) in [7, 11) is 0. The second kappa shape index (κ2) is 4.21. The van der Waals surface area contributed by atoms with E-state index in [0.717, 1.165) is 24.6 Å². The smallest absolute Gasteiger partial charge is 0.228 e. The Bertz CT molecular complexity index is 251. The van der Waals surface area contributed by atoms with Crippen molar-refractivity contribution >= 4 is 23.6 Å². The Balaban J connectivity index is 1.90. The van der Waals surface area contributed by atoms with E-state index in [4.69, 9.17) is 0 Å². The van der Waals surface area contributed by atoms with Crippen molar-refractivity contribution in [2.24, 2.45) is 5.92 Å². The van der Waals surface area contributed by atoms with Crippen molar-refractivity contribution in [2.45, 2.75) is 6.42 Å². The van der Waals surface area contributed by atoms with E-state index in [2.05, 4.69) is 5.32 Å². The molecule has 0 aromatic heterocycles. The molecule has 1 atom stereocenters. The average Bonchev–Trinajstić information content (AvgIpc) is 2.65. The molecule has 0 aliphatic carbocycles. The molecule has 2 rings (SSSR count). The van der Waals surface area contributed by atoms with Crippen LogP contribution in [-0.2, 0) is 9.59 Å². The molecular weight excluding hydrogens is 200 g/mol. The molecule has 78 valence electrons. The van der Waals surface area contributed by atoms with Gasteiger partial charge in [-0.15, -0.1) is 0 Å². The zero-order valence-corrected chi connectivity index (χ0v) is 8.81. The van der Waals surface area contributed by atoms with Crippen LogP contribution in [-0.4, -0.2) is 47.9 Å². The maximum Gasteiger partial charge on any atom is 0.228 e. The number of nitrogens with one attached hydrogen (secondary N) is 1. The van der Waals surface area contributed by atoms with Gasteiger partial charge in [-0.1, -0.05) is 0 Å². The summed E-state index contributed by atoms with van der Waals surface area (Å²) in [6.07, 6.45) is 0.377. The van der Waals surface area contributed by atoms with Crippen molar-refractivity contribution in [2.75, 3.05) is 31.1 Å². The van der Waals surface area contributed by atoms with E-state index in [9.17, 15) is 9.59 Å². The molecule has 0 radical (unpaired) electrons. The van der Waals surface area contributed by atoms with Crippen molar-refractivity contribution in [1.82, 2.24) is 10.2 Å². The maximum absolute atomic E-state index is 11.9. The lowest BCUT2D eigenvalue weighted by Crippen LogP contribution is -2.42. The highest BCUT2D eigenvalue weighted by Gasteiger charge is 2.31. The summed E-state index contributed by atoms with van der Waals surface area (Å²) in [5.41, 5.74) is 0. The molecule has 2 amide bonds. The summed E-state index contributed by atoms with van der Waals surface area (Å²) >= 11 is 1.88. The van der Waals surface area contributed by atoms with E-state index in [0.29, 0.717) is 13.0 Å². The lowest BCUT2D eigenvalue weighted by atomic mass is 10.1. The van der Waals surface area contributed by atoms with Gasteiger partial charge < -0.3 is 10.2 Å². The van der Waals surface area contributed by atoms with Crippen LogP contribution in [0.4, 0.5) is 0 Å². The van der Waals surface area contributed by atoms with Gasteiger partial charge in [0.15, 0.2) is 0 Å². The zero-order valence-electron chi connectivity index (χ0n) is 7.99. The summed E-state index contributed by atoms with van der Waals surface area (Å²) in [5, 5.41) is 2.70. The number of amides is 2. The minimum absolute atomic E-state index is 0.00901. The fourth-order valence-corrected chi connectivity index (χ4v) is 2.72. The van der Waals surface area contributed by atoms with E-state index in [1.807, 2.05) is 16.7 Å². The molecule has 4 nitrogen and oxygen atoms in total. The molecule has 1 unspecified atom stereocenters. The Morgan fingerprint density at radius 2 is 2.14 bits per heavy atom. The number of thioether (sulfide) groups is 1. The predicted octanol–water partition coefficient (Wildman–Crippen LogP) is -0.302. The molecule has 2 aliphatic rings. The molecular formula is C9H14N2O2S. The van der Waals surface area contributed by atoms with Gasteiger partial charge in [0.25, 0.3) is 0 Å². The van der Waals surface area contributed by atoms with Crippen LogP contribution < -0.4 is 5.32 Å². The SMILES string of the molecule is O=C1CC(C(=O)N2CCSCC2)CN1. The molecule has 2 saturated heterocycles. The third kappa shape index (κ3) is 2.03. The summed E-state index contributed by atoms with van der Waals surface area (Å²) in [6.45, 7) is 2.21. The van der Waals surface area contributed by atoms with Crippen LogP contribution >= 0.6 is 11.8 Å². The van der Waals surface area contributed by atoms with Crippen LogP contribution in [0.5, 0.6) is 0 Å². The molecule has 0 aromatic rings. The molecule has 0 aromatic carbocycles. The largest absolute Gasteiger partial charge is 0.355 e. The van der Waals surface area contributed by atoms with E-state index >= 15 is 0 Å². The van der Waals surface area contributed by atoms with Crippen molar-refractivity contribution in [1.29, 1.82) is 0 Å². The van der Waals surface area contributed by atoms with Crippen molar-refractivity contribution in [3.8, 4) is 0 Å². The lowest BCUT2D eigenvalue weighted by molar-refractivity contribution is -0.135. The molecule has 2 aliphatic heterocycles. The minimum atomic E-state index is -0.106. The Kier molecular flexibility index (Phi) is 2.96. The van der Waals surface area contributed by atoms with Gasteiger partial charge in [0.05, 0.1) is 5.92 Å². The van der Waals surface area contributed by atoms with Crippen LogP contribution in [0, 0.1) is 5.92 Å². The first kappa shape index (κ1) is 9.83. The third-order valence-electron chi connectivity index (χ3n) is 2.65. The normalized spacial score (nSPS) is 27.6. The Morgan fingerprint density at radius 3 is 2.71 bits per heavy atom. The van der Waals surface area contributed by atoms with E-state index in [1.165, 1.54) is 0 Å². The van der Waals surface area contributed by atoms with Crippen LogP contribution in [0.3, 0.4) is 0 Å². The number of carbonyl (C=O) groups is 2. The number of nitrogens with zero attached hydrogens (tertiary/aromatic N) is 1. The summed E-state index contributed by atoms with van der Waals surface area (Å²) < 4.78 is 0. The average molecular weight is 214 g/mol. The first-order valence-corrected chi connectivity index (χ1v) is 6.06. The van der Waals surface area contributed by atoms with Crippen LogP contribution in [0.1, 0.15) is 6.42 Å². The zero-order chi connectivity index (χ0) is 9.97. The number of hydrogen-bond donors (Lipinski definition) is 1. The van der Waals surface area contributed by atoms with Gasteiger partial charge in [0, 0.05) is 37.6 Å². The van der Waals surface area contributed by atoms with E-state index in [-0.39, 0.29) is 17.7 Å². The Morgan fingerprint density at radius 1 is 1.43 bits per heavy atom. The molecule has 2 fully saturated rings. The first-order chi connectivity index (χ1) is 6.77. The second-order valence-electron chi connectivity index (χ2n) is 3.64. The van der Waals surface area contributed by atoms with E-state index < -0.39 is 0 Å². The van der Waals surface area contributed by atoms with Gasteiger partial charge in [-0.05, 0) is 0 Å². The highest BCUT2D eigenvalue weighted by Crippen LogP contribution is 2.16. The highest BCUT2D eigenvalue weighted by atomic mass is 32.2. The highest BCUT2D eigenvalue weighted by molar-refractivity contribution is 7.99. The second-order valence-corrected chi connectivity index (χ2v) is 4.87. The van der Waals surface area contributed by atoms with Crippen LogP contribution in [0.15, 0.2) is 0 Å². The Labute approximate surface area is 87.4 Å². The van der Waals surface area contributed by atoms with Gasteiger partial charge in [-0.2, -0.15) is 11.8 Å². The standard InChI is InChI=1S/C9H14N2O2S/c12-8-5-7(6-10-8)9(13)11-1-3-14-4-2-11/h7H,1-6H2,(H,10,12). The molecule has 0 saturated carbocycles. The van der Waals surface area contributed by atoms with Gasteiger partial charge in [-0.3, -0.25) is 9.59 Å².